The number of halogens is 3. The van der Waals surface area contributed by atoms with Gasteiger partial charge in [-0.3, -0.25) is 9.19 Å². The van der Waals surface area contributed by atoms with Crippen molar-refractivity contribution in [3.8, 4) is 11.5 Å². The van der Waals surface area contributed by atoms with Gasteiger partial charge < -0.3 is 19.2 Å². The third kappa shape index (κ3) is 5.45. The van der Waals surface area contributed by atoms with Crippen molar-refractivity contribution >= 4 is 21.8 Å². The molecule has 0 unspecified atom stereocenters. The van der Waals surface area contributed by atoms with Crippen molar-refractivity contribution < 1.29 is 31.6 Å². The first-order valence-corrected chi connectivity index (χ1v) is 9.72. The highest BCUT2D eigenvalue weighted by molar-refractivity contribution is 7.84. The zero-order valence-electron chi connectivity index (χ0n) is 15.6. The van der Waals surface area contributed by atoms with Crippen molar-refractivity contribution in [3.05, 3.63) is 41.7 Å². The van der Waals surface area contributed by atoms with Gasteiger partial charge in [0.25, 0.3) is 0 Å². The average Bonchev–Trinajstić information content (AvgIpc) is 3.10. The Labute approximate surface area is 166 Å². The van der Waals surface area contributed by atoms with Crippen LogP contribution in [0.3, 0.4) is 0 Å². The number of hydrogen-bond acceptors (Lipinski definition) is 6. The Kier molecular flexibility index (Phi) is 6.38. The molecule has 7 nitrogen and oxygen atoms in total. The molecule has 0 amide bonds. The number of hydrogen-bond donors (Lipinski definition) is 1. The molecule has 0 aliphatic carbocycles. The standard InChI is InChI=1S/C18H18F3N3O4S/c1-11-15(22-6-5-16(11)27-9-18(19,20)21)8-29(25)17-23-13-4-3-12(28-10-26-2)7-14(13)24-17/h3-7H,8-10H2,1-2H3,(H,23,24)/t29-/m0/s1. The molecule has 0 aliphatic heterocycles. The fourth-order valence-electron chi connectivity index (χ4n) is 2.50. The second kappa shape index (κ2) is 8.78. The number of benzene rings is 1. The minimum absolute atomic E-state index is 0.0259. The molecule has 0 aliphatic rings. The summed E-state index contributed by atoms with van der Waals surface area (Å²) in [5.41, 5.74) is 2.00. The van der Waals surface area contributed by atoms with Crippen LogP contribution in [-0.2, 0) is 21.3 Å². The molecule has 2 heterocycles. The van der Waals surface area contributed by atoms with E-state index >= 15 is 0 Å². The van der Waals surface area contributed by atoms with Crippen molar-refractivity contribution in [2.75, 3.05) is 20.5 Å². The summed E-state index contributed by atoms with van der Waals surface area (Å²) in [6.07, 6.45) is -3.12. The Balaban J connectivity index is 1.76. The molecule has 3 aromatic rings. The van der Waals surface area contributed by atoms with Crippen molar-refractivity contribution in [1.82, 2.24) is 15.0 Å². The molecular weight excluding hydrogens is 411 g/mol. The molecule has 0 saturated carbocycles. The number of nitrogens with zero attached hydrogens (tertiary/aromatic N) is 2. The van der Waals surface area contributed by atoms with Crippen LogP contribution in [-0.4, -0.2) is 45.8 Å². The van der Waals surface area contributed by atoms with Crippen LogP contribution < -0.4 is 9.47 Å². The van der Waals surface area contributed by atoms with E-state index in [2.05, 4.69) is 15.0 Å². The number of methoxy groups -OCH3 is 1. The molecular formula is C18H18F3N3O4S. The molecule has 1 N–H and O–H groups in total. The summed E-state index contributed by atoms with van der Waals surface area (Å²) >= 11 is 0. The van der Waals surface area contributed by atoms with Gasteiger partial charge in [0, 0.05) is 24.9 Å². The van der Waals surface area contributed by atoms with E-state index in [0.717, 1.165) is 0 Å². The van der Waals surface area contributed by atoms with Gasteiger partial charge >= 0.3 is 6.18 Å². The molecule has 0 fully saturated rings. The Hall–Kier alpha value is -2.66. The van der Waals surface area contributed by atoms with E-state index in [0.29, 0.717) is 28.0 Å². The maximum absolute atomic E-state index is 12.7. The highest BCUT2D eigenvalue weighted by atomic mass is 32.2. The van der Waals surface area contributed by atoms with Crippen LogP contribution in [0, 0.1) is 6.92 Å². The number of ether oxygens (including phenoxy) is 3. The predicted octanol–water partition coefficient (Wildman–Crippen LogP) is 3.50. The van der Waals surface area contributed by atoms with E-state index < -0.39 is 23.6 Å². The monoisotopic (exact) mass is 429 g/mol. The van der Waals surface area contributed by atoms with Crippen molar-refractivity contribution in [3.63, 3.8) is 0 Å². The lowest BCUT2D eigenvalue weighted by atomic mass is 10.2. The Morgan fingerprint density at radius 3 is 2.72 bits per heavy atom. The van der Waals surface area contributed by atoms with Gasteiger partial charge in [-0.25, -0.2) is 4.98 Å². The van der Waals surface area contributed by atoms with E-state index in [9.17, 15) is 17.4 Å². The Morgan fingerprint density at radius 2 is 2.00 bits per heavy atom. The normalized spacial score (nSPS) is 12.9. The Bertz CT molecular complexity index is 1020. The number of nitrogens with one attached hydrogen (secondary N) is 1. The van der Waals surface area contributed by atoms with E-state index in [4.69, 9.17) is 14.2 Å². The van der Waals surface area contributed by atoms with Crippen molar-refractivity contribution in [1.29, 1.82) is 0 Å². The number of H-pyrrole nitrogens is 1. The molecule has 0 radical (unpaired) electrons. The van der Waals surface area contributed by atoms with Crippen LogP contribution in [0.15, 0.2) is 35.6 Å². The zero-order chi connectivity index (χ0) is 21.0. The van der Waals surface area contributed by atoms with Crippen LogP contribution in [0.1, 0.15) is 11.3 Å². The maximum Gasteiger partial charge on any atom is 0.422 e. The van der Waals surface area contributed by atoms with E-state index in [1.807, 2.05) is 0 Å². The highest BCUT2D eigenvalue weighted by Crippen LogP contribution is 2.25. The number of pyridine rings is 1. The summed E-state index contributed by atoms with van der Waals surface area (Å²) < 4.78 is 64.9. The largest absolute Gasteiger partial charge is 0.484 e. The summed E-state index contributed by atoms with van der Waals surface area (Å²) in [7, 11) is -0.0819. The lowest BCUT2D eigenvalue weighted by molar-refractivity contribution is -0.153. The van der Waals surface area contributed by atoms with Crippen LogP contribution in [0.2, 0.25) is 0 Å². The van der Waals surface area contributed by atoms with Crippen LogP contribution in [0.25, 0.3) is 11.0 Å². The van der Waals surface area contributed by atoms with Gasteiger partial charge in [0.1, 0.15) is 11.5 Å². The van der Waals surface area contributed by atoms with Crippen molar-refractivity contribution in [2.24, 2.45) is 0 Å². The number of alkyl halides is 3. The van der Waals surface area contributed by atoms with Gasteiger partial charge in [-0.15, -0.1) is 0 Å². The molecule has 29 heavy (non-hydrogen) atoms. The summed E-state index contributed by atoms with van der Waals surface area (Å²) in [6, 6.07) is 6.47. The summed E-state index contributed by atoms with van der Waals surface area (Å²) in [5, 5.41) is 0.228. The third-order valence-electron chi connectivity index (χ3n) is 3.91. The highest BCUT2D eigenvalue weighted by Gasteiger charge is 2.29. The molecule has 1 aromatic carbocycles. The molecule has 0 spiro atoms. The fourth-order valence-corrected chi connectivity index (χ4v) is 3.60. The second-order valence-corrected chi connectivity index (χ2v) is 7.41. The van der Waals surface area contributed by atoms with E-state index in [-0.39, 0.29) is 23.5 Å². The van der Waals surface area contributed by atoms with E-state index in [1.165, 1.54) is 19.4 Å². The Morgan fingerprint density at radius 1 is 1.21 bits per heavy atom. The topological polar surface area (TPSA) is 86.3 Å². The van der Waals surface area contributed by atoms with Gasteiger partial charge in [0.2, 0.25) is 0 Å². The maximum atomic E-state index is 12.7. The summed E-state index contributed by atoms with van der Waals surface area (Å²) in [6.45, 7) is 0.261. The van der Waals surface area contributed by atoms with Crippen LogP contribution >= 0.6 is 0 Å². The molecule has 156 valence electrons. The smallest absolute Gasteiger partial charge is 0.422 e. The number of aromatic amines is 1. The van der Waals surface area contributed by atoms with Crippen LogP contribution in [0.4, 0.5) is 13.2 Å². The summed E-state index contributed by atoms with van der Waals surface area (Å²) in [4.78, 5) is 11.4. The third-order valence-corrected chi connectivity index (χ3v) is 5.07. The van der Waals surface area contributed by atoms with Gasteiger partial charge in [-0.1, -0.05) is 0 Å². The van der Waals surface area contributed by atoms with Gasteiger partial charge in [0.05, 0.1) is 33.3 Å². The summed E-state index contributed by atoms with van der Waals surface area (Å²) in [5.74, 6) is 0.586. The lowest BCUT2D eigenvalue weighted by Crippen LogP contribution is -2.19. The minimum atomic E-state index is -4.45. The fraction of sp³-hybridized carbons (Fsp3) is 0.333. The molecule has 3 rings (SSSR count). The predicted molar refractivity (Wildman–Crippen MR) is 99.2 cm³/mol. The van der Waals surface area contributed by atoms with Crippen LogP contribution in [0.5, 0.6) is 11.5 Å². The second-order valence-electron chi connectivity index (χ2n) is 6.05. The van der Waals surface area contributed by atoms with Crippen molar-refractivity contribution in [2.45, 2.75) is 24.0 Å². The number of fused-ring (bicyclic) bond motifs is 1. The molecule has 0 bridgehead atoms. The quantitative estimate of drug-likeness (QED) is 0.552. The van der Waals surface area contributed by atoms with Gasteiger partial charge in [0.15, 0.2) is 18.6 Å². The van der Waals surface area contributed by atoms with E-state index in [1.54, 1.807) is 25.1 Å². The SMILES string of the molecule is COCOc1ccc2nc([S@@](=O)Cc3nccc(OCC(F)(F)F)c3C)[nH]c2c1. The minimum Gasteiger partial charge on any atom is -0.484 e. The van der Waals surface area contributed by atoms with Gasteiger partial charge in [-0.05, 0) is 25.1 Å². The number of aromatic nitrogens is 3. The van der Waals surface area contributed by atoms with Gasteiger partial charge in [-0.2, -0.15) is 13.2 Å². The number of imidazole rings is 1. The first kappa shape index (κ1) is 21.1. The lowest BCUT2D eigenvalue weighted by Gasteiger charge is -2.13. The molecule has 11 heteroatoms. The molecule has 2 aromatic heterocycles. The number of rotatable bonds is 8. The molecule has 0 saturated heterocycles. The zero-order valence-corrected chi connectivity index (χ0v) is 16.4. The average molecular weight is 429 g/mol. The first-order valence-electron chi connectivity index (χ1n) is 8.41. The molecule has 1 atom stereocenters. The first-order chi connectivity index (χ1) is 13.8.